The molecule has 0 amide bonds. The van der Waals surface area contributed by atoms with Crippen molar-refractivity contribution < 1.29 is 9.15 Å². The number of nitrogens with two attached hydrogens (primary N) is 1. The Hall–Kier alpha value is -1.32. The summed E-state index contributed by atoms with van der Waals surface area (Å²) in [5, 5.41) is 1.13. The van der Waals surface area contributed by atoms with Crippen molar-refractivity contribution in [2.45, 2.75) is 12.5 Å². The average Bonchev–Trinajstić information content (AvgIpc) is 2.94. The highest BCUT2D eigenvalue weighted by atomic mass is 16.5. The molecule has 1 aliphatic heterocycles. The van der Waals surface area contributed by atoms with Crippen LogP contribution in [-0.2, 0) is 4.74 Å². The van der Waals surface area contributed by atoms with Gasteiger partial charge in [-0.05, 0) is 25.1 Å². The summed E-state index contributed by atoms with van der Waals surface area (Å²) in [6, 6.07) is 10.1. The summed E-state index contributed by atoms with van der Waals surface area (Å²) in [5.74, 6) is 1.30. The van der Waals surface area contributed by atoms with Crippen molar-refractivity contribution in [1.82, 2.24) is 0 Å². The predicted molar refractivity (Wildman–Crippen MR) is 62.1 cm³/mol. The molecule has 2 heterocycles. The molecule has 1 aromatic heterocycles. The molecule has 1 aliphatic rings. The number of furan rings is 1. The van der Waals surface area contributed by atoms with E-state index in [1.54, 1.807) is 0 Å². The molecule has 1 saturated heterocycles. The Morgan fingerprint density at radius 2 is 2.19 bits per heavy atom. The van der Waals surface area contributed by atoms with E-state index >= 15 is 0 Å². The quantitative estimate of drug-likeness (QED) is 0.840. The Bertz CT molecular complexity index is 458. The number of ether oxygens (including phenoxy) is 1. The van der Waals surface area contributed by atoms with Crippen LogP contribution in [0.15, 0.2) is 34.7 Å². The van der Waals surface area contributed by atoms with E-state index in [1.165, 1.54) is 0 Å². The first-order chi connectivity index (χ1) is 7.88. The third kappa shape index (κ3) is 1.52. The van der Waals surface area contributed by atoms with Gasteiger partial charge in [0.1, 0.15) is 17.4 Å². The van der Waals surface area contributed by atoms with Crippen molar-refractivity contribution in [2.75, 3.05) is 13.2 Å². The Labute approximate surface area is 94.2 Å². The Balaban J connectivity index is 1.99. The van der Waals surface area contributed by atoms with Gasteiger partial charge in [-0.15, -0.1) is 0 Å². The lowest BCUT2D eigenvalue weighted by Gasteiger charge is -2.13. The minimum absolute atomic E-state index is 0.0393. The van der Waals surface area contributed by atoms with E-state index < -0.39 is 0 Å². The second kappa shape index (κ2) is 3.92. The van der Waals surface area contributed by atoms with Gasteiger partial charge in [-0.3, -0.25) is 0 Å². The fraction of sp³-hybridized carbons (Fsp3) is 0.385. The molecule has 1 aromatic carbocycles. The first-order valence-electron chi connectivity index (χ1n) is 5.68. The Morgan fingerprint density at radius 1 is 1.31 bits per heavy atom. The van der Waals surface area contributed by atoms with Crippen LogP contribution in [0, 0.1) is 5.92 Å². The normalized spacial score (nSPS) is 25.3. The predicted octanol–water partition coefficient (Wildman–Crippen LogP) is 2.47. The molecule has 2 unspecified atom stereocenters. The van der Waals surface area contributed by atoms with Crippen molar-refractivity contribution in [1.29, 1.82) is 0 Å². The first-order valence-corrected chi connectivity index (χ1v) is 5.68. The summed E-state index contributed by atoms with van der Waals surface area (Å²) in [6.07, 6.45) is 1.07. The summed E-state index contributed by atoms with van der Waals surface area (Å²) in [7, 11) is 0. The molecule has 2 atom stereocenters. The summed E-state index contributed by atoms with van der Waals surface area (Å²) in [6.45, 7) is 1.44. The lowest BCUT2D eigenvalue weighted by molar-refractivity contribution is 0.0754. The fourth-order valence-corrected chi connectivity index (χ4v) is 2.33. The summed E-state index contributed by atoms with van der Waals surface area (Å²) in [5.41, 5.74) is 6.65. The smallest absolute Gasteiger partial charge is 0.134 e. The molecule has 1 fully saturated rings. The van der Waals surface area contributed by atoms with Gasteiger partial charge in [-0.25, -0.2) is 0 Å². The molecule has 3 rings (SSSR count). The van der Waals surface area contributed by atoms with Crippen LogP contribution in [0.3, 0.4) is 0 Å². The Morgan fingerprint density at radius 3 is 3.00 bits per heavy atom. The van der Waals surface area contributed by atoms with E-state index in [2.05, 4.69) is 12.1 Å². The molecular weight excluding hydrogens is 202 g/mol. The summed E-state index contributed by atoms with van der Waals surface area (Å²) < 4.78 is 11.5. The molecular formula is C13H15NO2. The SMILES string of the molecule is NCC1CCOC1c1cc2ccccc2o1. The monoisotopic (exact) mass is 217 g/mol. The number of para-hydroxylation sites is 1. The van der Waals surface area contributed by atoms with Crippen LogP contribution < -0.4 is 5.73 Å². The zero-order chi connectivity index (χ0) is 11.0. The van der Waals surface area contributed by atoms with Crippen molar-refractivity contribution in [2.24, 2.45) is 11.7 Å². The molecule has 3 heteroatoms. The third-order valence-corrected chi connectivity index (χ3v) is 3.24. The molecule has 2 N–H and O–H groups in total. The molecule has 0 aliphatic carbocycles. The molecule has 84 valence electrons. The first kappa shape index (κ1) is 9.87. The highest BCUT2D eigenvalue weighted by Gasteiger charge is 2.31. The zero-order valence-electron chi connectivity index (χ0n) is 9.06. The van der Waals surface area contributed by atoms with Crippen LogP contribution >= 0.6 is 0 Å². The number of rotatable bonds is 2. The number of benzene rings is 1. The maximum absolute atomic E-state index is 5.80. The van der Waals surface area contributed by atoms with E-state index in [0.717, 1.165) is 29.8 Å². The minimum Gasteiger partial charge on any atom is -0.458 e. The molecule has 2 aromatic rings. The van der Waals surface area contributed by atoms with Gasteiger partial charge in [-0.2, -0.15) is 0 Å². The van der Waals surface area contributed by atoms with Crippen LogP contribution in [0.1, 0.15) is 18.3 Å². The molecule has 0 saturated carbocycles. The maximum atomic E-state index is 5.80. The van der Waals surface area contributed by atoms with Gasteiger partial charge in [0.05, 0.1) is 0 Å². The highest BCUT2D eigenvalue weighted by Crippen LogP contribution is 2.36. The van der Waals surface area contributed by atoms with Crippen molar-refractivity contribution in [3.8, 4) is 0 Å². The van der Waals surface area contributed by atoms with Crippen LogP contribution in [0.2, 0.25) is 0 Å². The second-order valence-corrected chi connectivity index (χ2v) is 4.26. The van der Waals surface area contributed by atoms with E-state index in [4.69, 9.17) is 14.9 Å². The van der Waals surface area contributed by atoms with Gasteiger partial charge in [0.15, 0.2) is 0 Å². The molecule has 0 spiro atoms. The summed E-state index contributed by atoms with van der Waals surface area (Å²) >= 11 is 0. The van der Waals surface area contributed by atoms with Gasteiger partial charge in [0.25, 0.3) is 0 Å². The lowest BCUT2D eigenvalue weighted by Crippen LogP contribution is -2.17. The fourth-order valence-electron chi connectivity index (χ4n) is 2.33. The molecule has 0 bridgehead atoms. The Kier molecular flexibility index (Phi) is 2.42. The van der Waals surface area contributed by atoms with Gasteiger partial charge in [-0.1, -0.05) is 18.2 Å². The van der Waals surface area contributed by atoms with Crippen LogP contribution in [-0.4, -0.2) is 13.2 Å². The zero-order valence-corrected chi connectivity index (χ0v) is 9.06. The molecule has 16 heavy (non-hydrogen) atoms. The van der Waals surface area contributed by atoms with Gasteiger partial charge < -0.3 is 14.9 Å². The van der Waals surface area contributed by atoms with E-state index in [0.29, 0.717) is 12.5 Å². The summed E-state index contributed by atoms with van der Waals surface area (Å²) in [4.78, 5) is 0. The molecule has 0 radical (unpaired) electrons. The number of fused-ring (bicyclic) bond motifs is 1. The van der Waals surface area contributed by atoms with Crippen molar-refractivity contribution in [3.05, 3.63) is 36.1 Å². The largest absolute Gasteiger partial charge is 0.458 e. The third-order valence-electron chi connectivity index (χ3n) is 3.24. The second-order valence-electron chi connectivity index (χ2n) is 4.26. The lowest BCUT2D eigenvalue weighted by atomic mass is 10.00. The average molecular weight is 217 g/mol. The number of hydrogen-bond acceptors (Lipinski definition) is 3. The van der Waals surface area contributed by atoms with Crippen LogP contribution in [0.4, 0.5) is 0 Å². The number of hydrogen-bond donors (Lipinski definition) is 1. The van der Waals surface area contributed by atoms with Gasteiger partial charge in [0, 0.05) is 17.9 Å². The van der Waals surface area contributed by atoms with Crippen molar-refractivity contribution in [3.63, 3.8) is 0 Å². The van der Waals surface area contributed by atoms with Crippen molar-refractivity contribution >= 4 is 11.0 Å². The highest BCUT2D eigenvalue weighted by molar-refractivity contribution is 5.77. The standard InChI is InChI=1S/C13H15NO2/c14-8-10-5-6-15-13(10)12-7-9-3-1-2-4-11(9)16-12/h1-4,7,10,13H,5-6,8,14H2. The van der Waals surface area contributed by atoms with E-state index in [9.17, 15) is 0 Å². The van der Waals surface area contributed by atoms with Gasteiger partial charge >= 0.3 is 0 Å². The van der Waals surface area contributed by atoms with E-state index in [1.807, 2.05) is 18.2 Å². The maximum Gasteiger partial charge on any atom is 0.134 e. The minimum atomic E-state index is 0.0393. The van der Waals surface area contributed by atoms with Crippen LogP contribution in [0.5, 0.6) is 0 Å². The van der Waals surface area contributed by atoms with E-state index in [-0.39, 0.29) is 6.10 Å². The molecule has 3 nitrogen and oxygen atoms in total. The van der Waals surface area contributed by atoms with Gasteiger partial charge in [0.2, 0.25) is 0 Å². The van der Waals surface area contributed by atoms with Crippen LogP contribution in [0.25, 0.3) is 11.0 Å². The topological polar surface area (TPSA) is 48.4 Å².